The highest BCUT2D eigenvalue weighted by molar-refractivity contribution is 6.29. The van der Waals surface area contributed by atoms with Crippen molar-refractivity contribution in [3.8, 4) is 0 Å². The van der Waals surface area contributed by atoms with Crippen molar-refractivity contribution in [2.75, 3.05) is 24.1 Å². The van der Waals surface area contributed by atoms with Crippen LogP contribution >= 0.6 is 11.6 Å². The zero-order valence-corrected chi connectivity index (χ0v) is 14.2. The molecule has 3 nitrogen and oxygen atoms in total. The molecule has 0 aliphatic rings. The van der Waals surface area contributed by atoms with Gasteiger partial charge in [0.2, 0.25) is 5.91 Å². The maximum Gasteiger partial charge on any atom is 0.243 e. The monoisotopic (exact) mass is 311 g/mol. The highest BCUT2D eigenvalue weighted by Crippen LogP contribution is 2.32. The van der Waals surface area contributed by atoms with E-state index < -0.39 is 0 Å². The Morgan fingerprint density at radius 1 is 1.29 bits per heavy atom. The lowest BCUT2D eigenvalue weighted by molar-refractivity contribution is -0.117. The molecule has 0 unspecified atom stereocenters. The molecule has 1 aromatic rings. The molecule has 0 N–H and O–H groups in total. The predicted molar refractivity (Wildman–Crippen MR) is 89.1 cm³/mol. The number of halogens is 1. The van der Waals surface area contributed by atoms with Gasteiger partial charge >= 0.3 is 0 Å². The maximum atomic E-state index is 12.2. The molecule has 0 atom stereocenters. The van der Waals surface area contributed by atoms with Crippen LogP contribution in [-0.4, -0.2) is 25.1 Å². The second kappa shape index (κ2) is 8.40. The summed E-state index contributed by atoms with van der Waals surface area (Å²) in [5.74, 6) is -0.180. The quantitative estimate of drug-likeness (QED) is 0.426. The number of benzene rings is 1. The van der Waals surface area contributed by atoms with Gasteiger partial charge in [-0.2, -0.15) is 0 Å². The minimum absolute atomic E-state index is 0.0460. The minimum Gasteiger partial charge on any atom is -0.361 e. The summed E-state index contributed by atoms with van der Waals surface area (Å²) in [4.78, 5) is 13.8. The van der Waals surface area contributed by atoms with Crippen molar-refractivity contribution < 1.29 is 9.53 Å². The molecule has 1 rings (SSSR count). The smallest absolute Gasteiger partial charge is 0.243 e. The van der Waals surface area contributed by atoms with E-state index in [0.29, 0.717) is 6.61 Å². The fraction of sp³-hybridized carbons (Fsp3) is 0.588. The van der Waals surface area contributed by atoms with Crippen molar-refractivity contribution in [1.29, 1.82) is 0 Å². The van der Waals surface area contributed by atoms with Gasteiger partial charge in [-0.25, -0.2) is 0 Å². The third-order valence-corrected chi connectivity index (χ3v) is 3.51. The molecular formula is C17H26ClNO2. The van der Waals surface area contributed by atoms with Gasteiger partial charge in [0.05, 0.1) is 0 Å². The molecule has 0 saturated carbocycles. The van der Waals surface area contributed by atoms with Crippen molar-refractivity contribution in [2.45, 2.75) is 46.0 Å². The first-order valence-electron chi connectivity index (χ1n) is 7.45. The van der Waals surface area contributed by atoms with Gasteiger partial charge in [0, 0.05) is 12.3 Å². The van der Waals surface area contributed by atoms with Gasteiger partial charge < -0.3 is 4.74 Å². The number of alkyl halides is 1. The third-order valence-electron chi connectivity index (χ3n) is 3.28. The Bertz CT molecular complexity index is 454. The highest BCUT2D eigenvalue weighted by atomic mass is 35.5. The van der Waals surface area contributed by atoms with E-state index in [-0.39, 0.29) is 23.9 Å². The summed E-state index contributed by atoms with van der Waals surface area (Å²) < 4.78 is 5.63. The van der Waals surface area contributed by atoms with Crippen LogP contribution in [0, 0.1) is 0 Å². The van der Waals surface area contributed by atoms with Crippen molar-refractivity contribution in [3.63, 3.8) is 0 Å². The highest BCUT2D eigenvalue weighted by Gasteiger charge is 2.23. The van der Waals surface area contributed by atoms with E-state index in [9.17, 15) is 4.79 Å². The van der Waals surface area contributed by atoms with Gasteiger partial charge in [0.1, 0.15) is 12.6 Å². The average molecular weight is 312 g/mol. The number of nitrogens with zero attached hydrogens (tertiary/aromatic N) is 1. The summed E-state index contributed by atoms with van der Waals surface area (Å²) in [6.07, 6.45) is 2.06. The fourth-order valence-corrected chi connectivity index (χ4v) is 2.24. The molecule has 0 aliphatic heterocycles. The SMILES string of the molecule is CCCCOCN(C(=O)CCl)c1ccccc1C(C)(C)C. The normalized spacial score (nSPS) is 11.5. The predicted octanol–water partition coefficient (Wildman–Crippen LogP) is 4.33. The van der Waals surface area contributed by atoms with Crippen molar-refractivity contribution >= 4 is 23.2 Å². The molecule has 0 aliphatic carbocycles. The number of unbranched alkanes of at least 4 members (excludes halogenated alkanes) is 1. The number of amides is 1. The van der Waals surface area contributed by atoms with Gasteiger partial charge in [0.25, 0.3) is 0 Å². The van der Waals surface area contributed by atoms with Crippen LogP contribution in [0.5, 0.6) is 0 Å². The van der Waals surface area contributed by atoms with Crippen LogP contribution in [0.25, 0.3) is 0 Å². The molecule has 0 fully saturated rings. The summed E-state index contributed by atoms with van der Waals surface area (Å²) in [6.45, 7) is 9.41. The number of ether oxygens (including phenoxy) is 1. The Hall–Kier alpha value is -1.06. The Balaban J connectivity index is 3.01. The van der Waals surface area contributed by atoms with Crippen LogP contribution in [0.15, 0.2) is 24.3 Å². The van der Waals surface area contributed by atoms with Crippen LogP contribution in [0.2, 0.25) is 0 Å². The van der Waals surface area contributed by atoms with Crippen molar-refractivity contribution in [3.05, 3.63) is 29.8 Å². The van der Waals surface area contributed by atoms with E-state index in [4.69, 9.17) is 16.3 Å². The van der Waals surface area contributed by atoms with E-state index >= 15 is 0 Å². The third kappa shape index (κ3) is 5.33. The number of carbonyl (C=O) groups is 1. The number of anilines is 1. The van der Waals surface area contributed by atoms with Crippen LogP contribution < -0.4 is 4.90 Å². The molecular weight excluding hydrogens is 286 g/mol. The lowest BCUT2D eigenvalue weighted by Crippen LogP contribution is -2.36. The Morgan fingerprint density at radius 2 is 1.95 bits per heavy atom. The molecule has 4 heteroatoms. The number of rotatable bonds is 7. The second-order valence-electron chi connectivity index (χ2n) is 6.11. The first-order chi connectivity index (χ1) is 9.91. The van der Waals surface area contributed by atoms with E-state index in [0.717, 1.165) is 24.1 Å². The van der Waals surface area contributed by atoms with Gasteiger partial charge in [-0.3, -0.25) is 9.69 Å². The Labute approximate surface area is 133 Å². The molecule has 0 bridgehead atoms. The lowest BCUT2D eigenvalue weighted by atomic mass is 9.85. The van der Waals surface area contributed by atoms with E-state index in [1.54, 1.807) is 4.90 Å². The summed E-state index contributed by atoms with van der Waals surface area (Å²) in [5.41, 5.74) is 1.94. The summed E-state index contributed by atoms with van der Waals surface area (Å²) in [6, 6.07) is 7.93. The molecule has 0 radical (unpaired) electrons. The Morgan fingerprint density at radius 3 is 2.52 bits per heavy atom. The zero-order chi connectivity index (χ0) is 15.9. The van der Waals surface area contributed by atoms with Crippen molar-refractivity contribution in [2.24, 2.45) is 0 Å². The molecule has 0 aromatic heterocycles. The topological polar surface area (TPSA) is 29.5 Å². The zero-order valence-electron chi connectivity index (χ0n) is 13.5. The second-order valence-corrected chi connectivity index (χ2v) is 6.38. The maximum absolute atomic E-state index is 12.2. The number of carbonyl (C=O) groups excluding carboxylic acids is 1. The first kappa shape index (κ1) is 18.0. The standard InChI is InChI=1S/C17H26ClNO2/c1-5-6-11-21-13-19(16(20)12-18)15-10-8-7-9-14(15)17(2,3)4/h7-10H,5-6,11-13H2,1-4H3. The van der Waals surface area contributed by atoms with Gasteiger partial charge in [-0.15, -0.1) is 11.6 Å². The molecule has 0 heterocycles. The molecule has 1 aromatic carbocycles. The van der Waals surface area contributed by atoms with Gasteiger partial charge in [0.15, 0.2) is 0 Å². The van der Waals surface area contributed by atoms with E-state index in [2.05, 4.69) is 33.8 Å². The number of para-hydroxylation sites is 1. The van der Waals surface area contributed by atoms with Gasteiger partial charge in [-0.05, 0) is 23.5 Å². The lowest BCUT2D eigenvalue weighted by Gasteiger charge is -2.29. The molecule has 118 valence electrons. The molecule has 21 heavy (non-hydrogen) atoms. The molecule has 1 amide bonds. The van der Waals surface area contributed by atoms with Gasteiger partial charge in [-0.1, -0.05) is 52.3 Å². The number of hydrogen-bond donors (Lipinski definition) is 0. The fourth-order valence-electron chi connectivity index (χ4n) is 2.09. The van der Waals surface area contributed by atoms with Crippen molar-refractivity contribution in [1.82, 2.24) is 0 Å². The minimum atomic E-state index is -0.134. The van der Waals surface area contributed by atoms with Crippen LogP contribution in [0.1, 0.15) is 46.1 Å². The summed E-state index contributed by atoms with van der Waals surface area (Å²) in [7, 11) is 0. The van der Waals surface area contributed by atoms with Crippen LogP contribution in [-0.2, 0) is 14.9 Å². The largest absolute Gasteiger partial charge is 0.361 e. The summed E-state index contributed by atoms with van der Waals surface area (Å²) >= 11 is 5.76. The Kier molecular flexibility index (Phi) is 7.20. The molecule has 0 saturated heterocycles. The average Bonchev–Trinajstić information content (AvgIpc) is 2.46. The van der Waals surface area contributed by atoms with Crippen LogP contribution in [0.4, 0.5) is 5.69 Å². The first-order valence-corrected chi connectivity index (χ1v) is 7.98. The van der Waals surface area contributed by atoms with E-state index in [1.807, 2.05) is 18.2 Å². The van der Waals surface area contributed by atoms with E-state index in [1.165, 1.54) is 0 Å². The van der Waals surface area contributed by atoms with Crippen LogP contribution in [0.3, 0.4) is 0 Å². The number of hydrogen-bond acceptors (Lipinski definition) is 2. The molecule has 0 spiro atoms. The summed E-state index contributed by atoms with van der Waals surface area (Å²) in [5, 5.41) is 0.